The van der Waals surface area contributed by atoms with Crippen LogP contribution in [0, 0.1) is 0 Å². The standard InChI is InChI=1S/C37H48N4O6/c42-27-29-15-17-30(18-16-29)34-24-33(26-41-21-19-40(20-22-41)25-28-9-4-3-5-10-28)46-37(47-34)31-11-8-12-32(23-31)38-35(43)13-6-1-2-7-14-36(44)39-45/h3-5,8-12,15-18,23,33-34,37,42,45H,1-2,6-7,13-14,19-22,24-27H2,(H,38,43)(H,39,44)/t33-,34+,37+/m0/s1. The van der Waals surface area contributed by atoms with Crippen molar-refractivity contribution in [1.82, 2.24) is 15.3 Å². The van der Waals surface area contributed by atoms with Crippen LogP contribution in [0.3, 0.4) is 0 Å². The van der Waals surface area contributed by atoms with E-state index in [1.54, 1.807) is 5.48 Å². The summed E-state index contributed by atoms with van der Waals surface area (Å²) in [6.07, 6.45) is 3.63. The van der Waals surface area contributed by atoms with Crippen LogP contribution in [0.25, 0.3) is 0 Å². The largest absolute Gasteiger partial charge is 0.392 e. The van der Waals surface area contributed by atoms with Crippen LogP contribution in [-0.4, -0.2) is 70.8 Å². The second-order valence-electron chi connectivity index (χ2n) is 12.5. The molecule has 0 unspecified atom stereocenters. The number of rotatable bonds is 15. The Kier molecular flexibility index (Phi) is 13.3. The summed E-state index contributed by atoms with van der Waals surface area (Å²) in [6, 6.07) is 26.2. The number of piperazine rings is 1. The zero-order valence-corrected chi connectivity index (χ0v) is 27.1. The molecule has 2 aliphatic rings. The fourth-order valence-electron chi connectivity index (χ4n) is 6.26. The van der Waals surface area contributed by atoms with Crippen LogP contribution < -0.4 is 10.8 Å². The summed E-state index contributed by atoms with van der Waals surface area (Å²) in [4.78, 5) is 28.8. The third-order valence-electron chi connectivity index (χ3n) is 8.92. The summed E-state index contributed by atoms with van der Waals surface area (Å²) in [7, 11) is 0. The van der Waals surface area contributed by atoms with E-state index in [4.69, 9.17) is 14.7 Å². The van der Waals surface area contributed by atoms with E-state index in [9.17, 15) is 14.7 Å². The molecule has 0 aromatic heterocycles. The molecule has 252 valence electrons. The molecule has 2 amide bonds. The minimum Gasteiger partial charge on any atom is -0.392 e. The van der Waals surface area contributed by atoms with Gasteiger partial charge in [0.15, 0.2) is 6.29 Å². The lowest BCUT2D eigenvalue weighted by Crippen LogP contribution is -2.49. The maximum Gasteiger partial charge on any atom is 0.243 e. The van der Waals surface area contributed by atoms with E-state index >= 15 is 0 Å². The summed E-state index contributed by atoms with van der Waals surface area (Å²) in [5.41, 5.74) is 6.43. The van der Waals surface area contributed by atoms with Gasteiger partial charge in [0.2, 0.25) is 11.8 Å². The van der Waals surface area contributed by atoms with Crippen molar-refractivity contribution in [1.29, 1.82) is 0 Å². The highest BCUT2D eigenvalue weighted by atomic mass is 16.7. The van der Waals surface area contributed by atoms with Crippen molar-refractivity contribution >= 4 is 17.5 Å². The summed E-state index contributed by atoms with van der Waals surface area (Å²) in [5.74, 6) is -0.449. The Hall–Kier alpha value is -3.64. The first-order chi connectivity index (χ1) is 23.0. The predicted molar refractivity (Wildman–Crippen MR) is 179 cm³/mol. The van der Waals surface area contributed by atoms with E-state index in [2.05, 4.69) is 45.4 Å². The fraction of sp³-hybridized carbons (Fsp3) is 0.459. The first-order valence-electron chi connectivity index (χ1n) is 16.8. The number of carbonyl (C=O) groups is 2. The maximum absolute atomic E-state index is 12.7. The van der Waals surface area contributed by atoms with Crippen LogP contribution in [0.15, 0.2) is 78.9 Å². The van der Waals surface area contributed by atoms with E-state index in [1.807, 2.05) is 48.5 Å². The molecule has 3 atom stereocenters. The second-order valence-corrected chi connectivity index (χ2v) is 12.5. The predicted octanol–water partition coefficient (Wildman–Crippen LogP) is 5.33. The normalized spacial score (nSPS) is 20.5. The van der Waals surface area contributed by atoms with Gasteiger partial charge in [-0.15, -0.1) is 0 Å². The van der Waals surface area contributed by atoms with Crippen LogP contribution in [0.4, 0.5) is 5.69 Å². The number of nitrogens with zero attached hydrogens (tertiary/aromatic N) is 2. The Balaban J connectivity index is 1.18. The van der Waals surface area contributed by atoms with Gasteiger partial charge in [-0.25, -0.2) is 5.48 Å². The first-order valence-corrected chi connectivity index (χ1v) is 16.8. The lowest BCUT2D eigenvalue weighted by Gasteiger charge is -2.41. The van der Waals surface area contributed by atoms with Crippen molar-refractivity contribution in [2.24, 2.45) is 0 Å². The highest BCUT2D eigenvalue weighted by molar-refractivity contribution is 5.90. The topological polar surface area (TPSA) is 124 Å². The molecule has 2 aliphatic heterocycles. The summed E-state index contributed by atoms with van der Waals surface area (Å²) >= 11 is 0. The van der Waals surface area contributed by atoms with Gasteiger partial charge in [-0.05, 0) is 41.7 Å². The molecule has 0 spiro atoms. The highest BCUT2D eigenvalue weighted by Crippen LogP contribution is 2.38. The summed E-state index contributed by atoms with van der Waals surface area (Å²) in [5, 5.41) is 21.1. The van der Waals surface area contributed by atoms with Crippen molar-refractivity contribution < 1.29 is 29.4 Å². The monoisotopic (exact) mass is 644 g/mol. The number of anilines is 1. The number of hydrogen-bond acceptors (Lipinski definition) is 8. The third-order valence-corrected chi connectivity index (χ3v) is 8.92. The van der Waals surface area contributed by atoms with Crippen LogP contribution in [0.5, 0.6) is 0 Å². The molecule has 0 radical (unpaired) electrons. The Morgan fingerprint density at radius 3 is 2.15 bits per heavy atom. The van der Waals surface area contributed by atoms with Gasteiger partial charge in [-0.2, -0.15) is 0 Å². The molecule has 2 fully saturated rings. The van der Waals surface area contributed by atoms with E-state index in [0.717, 1.165) is 81.6 Å². The molecule has 10 heteroatoms. The van der Waals surface area contributed by atoms with Crippen LogP contribution in [0.2, 0.25) is 0 Å². The molecular formula is C37H48N4O6. The van der Waals surface area contributed by atoms with Gasteiger partial charge < -0.3 is 19.9 Å². The lowest BCUT2D eigenvalue weighted by atomic mass is 9.99. The van der Waals surface area contributed by atoms with Crippen molar-refractivity contribution in [2.45, 2.75) is 76.6 Å². The van der Waals surface area contributed by atoms with Crippen molar-refractivity contribution in [2.75, 3.05) is 38.0 Å². The van der Waals surface area contributed by atoms with Gasteiger partial charge in [0, 0.05) is 69.8 Å². The van der Waals surface area contributed by atoms with Crippen LogP contribution in [0.1, 0.15) is 79.6 Å². The quantitative estimate of drug-likeness (QED) is 0.0996. The van der Waals surface area contributed by atoms with Gasteiger partial charge in [0.05, 0.1) is 18.8 Å². The summed E-state index contributed by atoms with van der Waals surface area (Å²) in [6.45, 7) is 5.76. The van der Waals surface area contributed by atoms with Crippen molar-refractivity contribution in [3.05, 3.63) is 101 Å². The number of aliphatic hydroxyl groups excluding tert-OH is 1. The van der Waals surface area contributed by atoms with Crippen molar-refractivity contribution in [3.63, 3.8) is 0 Å². The molecule has 2 saturated heterocycles. The summed E-state index contributed by atoms with van der Waals surface area (Å²) < 4.78 is 13.2. The molecule has 3 aromatic rings. The zero-order chi connectivity index (χ0) is 32.8. The van der Waals surface area contributed by atoms with Crippen molar-refractivity contribution in [3.8, 4) is 0 Å². The van der Waals surface area contributed by atoms with E-state index in [1.165, 1.54) is 5.56 Å². The number of amides is 2. The maximum atomic E-state index is 12.7. The first kappa shape index (κ1) is 34.7. The van der Waals surface area contributed by atoms with Gasteiger partial charge in [-0.3, -0.25) is 24.6 Å². The second kappa shape index (κ2) is 18.1. The number of nitrogens with one attached hydrogen (secondary N) is 2. The Morgan fingerprint density at radius 2 is 1.45 bits per heavy atom. The number of hydroxylamine groups is 1. The molecule has 3 aromatic carbocycles. The highest BCUT2D eigenvalue weighted by Gasteiger charge is 2.34. The zero-order valence-electron chi connectivity index (χ0n) is 27.1. The molecule has 2 heterocycles. The average molecular weight is 645 g/mol. The molecule has 0 bridgehead atoms. The van der Waals surface area contributed by atoms with Gasteiger partial charge >= 0.3 is 0 Å². The SMILES string of the molecule is O=C(CCCCCCC(=O)Nc1cccc([C@@H]2O[C@H](CN3CCN(Cc4ccccc4)CC3)C[C@H](c3ccc(CO)cc3)O2)c1)NO. The number of benzene rings is 3. The van der Waals surface area contributed by atoms with Crippen LogP contribution >= 0.6 is 0 Å². The fourth-order valence-corrected chi connectivity index (χ4v) is 6.26. The van der Waals surface area contributed by atoms with E-state index in [-0.39, 0.29) is 37.0 Å². The van der Waals surface area contributed by atoms with Gasteiger partial charge in [-0.1, -0.05) is 79.6 Å². The van der Waals surface area contributed by atoms with Gasteiger partial charge in [0.1, 0.15) is 0 Å². The molecule has 0 saturated carbocycles. The molecule has 5 rings (SSSR count). The molecular weight excluding hydrogens is 596 g/mol. The van der Waals surface area contributed by atoms with Gasteiger partial charge in [0.25, 0.3) is 0 Å². The number of hydrogen-bond donors (Lipinski definition) is 4. The number of ether oxygens (including phenoxy) is 2. The van der Waals surface area contributed by atoms with E-state index in [0.29, 0.717) is 18.5 Å². The lowest BCUT2D eigenvalue weighted by molar-refractivity contribution is -0.253. The smallest absolute Gasteiger partial charge is 0.243 e. The molecule has 4 N–H and O–H groups in total. The number of aliphatic hydroxyl groups is 1. The minimum absolute atomic E-state index is 0.00171. The molecule has 0 aliphatic carbocycles. The van der Waals surface area contributed by atoms with Crippen LogP contribution in [-0.2, 0) is 32.2 Å². The Morgan fingerprint density at radius 1 is 0.745 bits per heavy atom. The van der Waals surface area contributed by atoms with E-state index < -0.39 is 6.29 Å². The average Bonchev–Trinajstić information content (AvgIpc) is 3.11. The molecule has 47 heavy (non-hydrogen) atoms. The number of unbranched alkanes of at least 4 members (excludes halogenated alkanes) is 3. The number of carbonyl (C=O) groups excluding carboxylic acids is 2. The Labute approximate surface area is 277 Å². The Bertz CT molecular complexity index is 1400. The third kappa shape index (κ3) is 11.0. The minimum atomic E-state index is -0.594. The molecule has 10 nitrogen and oxygen atoms in total.